The summed E-state index contributed by atoms with van der Waals surface area (Å²) < 4.78 is 11.3. The van der Waals surface area contributed by atoms with Crippen LogP contribution in [0.5, 0.6) is 11.5 Å². The van der Waals surface area contributed by atoms with E-state index in [9.17, 15) is 4.79 Å². The molecule has 0 aliphatic carbocycles. The Hall–Kier alpha value is -2.93. The van der Waals surface area contributed by atoms with Crippen molar-refractivity contribution in [2.45, 2.75) is 19.4 Å². The molecule has 0 bridgehead atoms. The Morgan fingerprint density at radius 2 is 1.77 bits per heavy atom. The smallest absolute Gasteiger partial charge is 0.271 e. The lowest BCUT2D eigenvalue weighted by atomic mass is 10.2. The number of anilines is 1. The Kier molecular flexibility index (Phi) is 8.39. The van der Waals surface area contributed by atoms with Crippen molar-refractivity contribution in [2.75, 3.05) is 25.1 Å². The predicted octanol–water partition coefficient (Wildman–Crippen LogP) is 6.60. The first-order chi connectivity index (χ1) is 16.9. The van der Waals surface area contributed by atoms with Gasteiger partial charge in [-0.15, -0.1) is 0 Å². The third kappa shape index (κ3) is 6.40. The number of nitrogens with zero attached hydrogens (tertiary/aromatic N) is 2. The van der Waals surface area contributed by atoms with E-state index in [1.165, 1.54) is 26.2 Å². The van der Waals surface area contributed by atoms with Crippen LogP contribution in [0.4, 0.5) is 5.69 Å². The van der Waals surface area contributed by atoms with Gasteiger partial charge in [0.15, 0.2) is 11.5 Å². The fourth-order valence-corrected chi connectivity index (χ4v) is 4.51. The van der Waals surface area contributed by atoms with Gasteiger partial charge in [0.25, 0.3) is 5.91 Å². The largest absolute Gasteiger partial charge is 0.493 e. The second kappa shape index (κ2) is 11.7. The highest BCUT2D eigenvalue weighted by Crippen LogP contribution is 2.37. The number of methoxy groups -OCH3 is 1. The molecule has 0 spiro atoms. The molecule has 0 radical (unpaired) electrons. The average Bonchev–Trinajstić information content (AvgIpc) is 3.39. The lowest BCUT2D eigenvalue weighted by Gasteiger charge is -2.17. The van der Waals surface area contributed by atoms with Crippen LogP contribution < -0.4 is 19.8 Å². The summed E-state index contributed by atoms with van der Waals surface area (Å²) >= 11 is 18.6. The fourth-order valence-electron chi connectivity index (χ4n) is 3.77. The van der Waals surface area contributed by atoms with Gasteiger partial charge in [-0.05, 0) is 66.9 Å². The molecule has 1 amide bonds. The Bertz CT molecular complexity index is 1230. The van der Waals surface area contributed by atoms with Crippen LogP contribution in [0.2, 0.25) is 15.1 Å². The van der Waals surface area contributed by atoms with Gasteiger partial charge in [-0.25, -0.2) is 5.43 Å². The molecular formula is C26H24Cl3N3O3. The molecule has 6 nitrogen and oxygen atoms in total. The van der Waals surface area contributed by atoms with E-state index in [0.717, 1.165) is 24.3 Å². The molecule has 3 aromatic rings. The number of rotatable bonds is 8. The maximum Gasteiger partial charge on any atom is 0.271 e. The average molecular weight is 533 g/mol. The van der Waals surface area contributed by atoms with E-state index in [1.54, 1.807) is 42.5 Å². The maximum atomic E-state index is 12.5. The van der Waals surface area contributed by atoms with Crippen molar-refractivity contribution in [1.82, 2.24) is 5.43 Å². The number of amides is 1. The van der Waals surface area contributed by atoms with Gasteiger partial charge in [0, 0.05) is 39.9 Å². The summed E-state index contributed by atoms with van der Waals surface area (Å²) in [6.45, 7) is 2.30. The van der Waals surface area contributed by atoms with Crippen molar-refractivity contribution >= 4 is 52.6 Å². The minimum atomic E-state index is -0.299. The third-order valence-corrected chi connectivity index (χ3v) is 6.49. The molecule has 1 N–H and O–H groups in total. The topological polar surface area (TPSA) is 63.2 Å². The van der Waals surface area contributed by atoms with Crippen LogP contribution in [0.15, 0.2) is 59.7 Å². The van der Waals surface area contributed by atoms with E-state index in [1.807, 2.05) is 12.1 Å². The summed E-state index contributed by atoms with van der Waals surface area (Å²) in [7, 11) is 1.52. The molecule has 9 heteroatoms. The summed E-state index contributed by atoms with van der Waals surface area (Å²) in [6.07, 6.45) is 3.90. The van der Waals surface area contributed by atoms with E-state index >= 15 is 0 Å². The standard InChI is InChI=1S/C26H24Cl3N3O3/c1-34-24-13-17(12-23(29)25(24)35-16-19-4-7-20(27)14-22(19)28)15-30-31-26(33)18-5-8-21(9-6-18)32-10-2-3-11-32/h4-9,12-15H,2-3,10-11,16H2,1H3,(H,31,33)/b30-15-. The fraction of sp³-hybridized carbons (Fsp3) is 0.231. The molecule has 182 valence electrons. The van der Waals surface area contributed by atoms with Crippen LogP contribution in [-0.2, 0) is 6.61 Å². The van der Waals surface area contributed by atoms with Gasteiger partial charge in [0.2, 0.25) is 0 Å². The van der Waals surface area contributed by atoms with Crippen LogP contribution in [0.1, 0.15) is 34.3 Å². The molecular weight excluding hydrogens is 509 g/mol. The normalized spacial score (nSPS) is 13.3. The first-order valence-corrected chi connectivity index (χ1v) is 12.2. The lowest BCUT2D eigenvalue weighted by molar-refractivity contribution is 0.0955. The van der Waals surface area contributed by atoms with Gasteiger partial charge in [-0.1, -0.05) is 40.9 Å². The Balaban J connectivity index is 1.39. The SMILES string of the molecule is COc1cc(/C=N\NC(=O)c2ccc(N3CCCC3)cc2)cc(Cl)c1OCc1ccc(Cl)cc1Cl. The monoisotopic (exact) mass is 531 g/mol. The number of halogens is 3. The minimum Gasteiger partial charge on any atom is -0.493 e. The summed E-state index contributed by atoms with van der Waals surface area (Å²) in [5.74, 6) is 0.499. The second-order valence-corrected chi connectivity index (χ2v) is 9.25. The molecule has 1 fully saturated rings. The highest BCUT2D eigenvalue weighted by Gasteiger charge is 2.14. The first kappa shape index (κ1) is 25.2. The highest BCUT2D eigenvalue weighted by molar-refractivity contribution is 6.35. The van der Waals surface area contributed by atoms with E-state index in [2.05, 4.69) is 15.4 Å². The molecule has 1 saturated heterocycles. The molecule has 1 aliphatic heterocycles. The summed E-state index contributed by atoms with van der Waals surface area (Å²) in [6, 6.07) is 16.1. The Morgan fingerprint density at radius 3 is 2.46 bits per heavy atom. The van der Waals surface area contributed by atoms with E-state index in [4.69, 9.17) is 44.3 Å². The summed E-state index contributed by atoms with van der Waals surface area (Å²) in [5.41, 5.74) is 5.60. The van der Waals surface area contributed by atoms with E-state index < -0.39 is 0 Å². The molecule has 0 aromatic heterocycles. The van der Waals surface area contributed by atoms with Gasteiger partial charge in [-0.3, -0.25) is 4.79 Å². The van der Waals surface area contributed by atoms with Crippen LogP contribution in [0, 0.1) is 0 Å². The van der Waals surface area contributed by atoms with Crippen molar-refractivity contribution in [3.8, 4) is 11.5 Å². The number of ether oxygens (including phenoxy) is 2. The van der Waals surface area contributed by atoms with Crippen molar-refractivity contribution in [2.24, 2.45) is 5.10 Å². The van der Waals surface area contributed by atoms with Crippen LogP contribution in [-0.4, -0.2) is 32.3 Å². The lowest BCUT2D eigenvalue weighted by Crippen LogP contribution is -2.19. The van der Waals surface area contributed by atoms with Crippen molar-refractivity contribution in [3.05, 3.63) is 86.4 Å². The van der Waals surface area contributed by atoms with Gasteiger partial charge >= 0.3 is 0 Å². The first-order valence-electron chi connectivity index (χ1n) is 11.1. The number of carbonyl (C=O) groups is 1. The zero-order valence-electron chi connectivity index (χ0n) is 19.1. The van der Waals surface area contributed by atoms with E-state index in [-0.39, 0.29) is 12.5 Å². The molecule has 4 rings (SSSR count). The number of nitrogens with one attached hydrogen (secondary N) is 1. The quantitative estimate of drug-likeness (QED) is 0.262. The molecule has 3 aromatic carbocycles. The van der Waals surface area contributed by atoms with Crippen LogP contribution in [0.3, 0.4) is 0 Å². The maximum absolute atomic E-state index is 12.5. The Morgan fingerprint density at radius 1 is 1.03 bits per heavy atom. The molecule has 0 unspecified atom stereocenters. The van der Waals surface area contributed by atoms with Crippen molar-refractivity contribution < 1.29 is 14.3 Å². The third-order valence-electron chi connectivity index (χ3n) is 5.62. The summed E-state index contributed by atoms with van der Waals surface area (Å²) in [4.78, 5) is 14.8. The minimum absolute atomic E-state index is 0.187. The Labute approximate surface area is 219 Å². The molecule has 0 atom stereocenters. The number of hydrogen-bond acceptors (Lipinski definition) is 5. The van der Waals surface area contributed by atoms with Gasteiger partial charge in [0.05, 0.1) is 18.3 Å². The van der Waals surface area contributed by atoms with E-state index in [0.29, 0.717) is 37.7 Å². The number of hydrogen-bond donors (Lipinski definition) is 1. The molecule has 1 heterocycles. The second-order valence-electron chi connectivity index (χ2n) is 8.00. The van der Waals surface area contributed by atoms with Crippen molar-refractivity contribution in [3.63, 3.8) is 0 Å². The van der Waals surface area contributed by atoms with Gasteiger partial charge < -0.3 is 14.4 Å². The molecule has 0 saturated carbocycles. The molecule has 35 heavy (non-hydrogen) atoms. The predicted molar refractivity (Wildman–Crippen MR) is 142 cm³/mol. The number of hydrazone groups is 1. The summed E-state index contributed by atoms with van der Waals surface area (Å²) in [5, 5.41) is 5.43. The van der Waals surface area contributed by atoms with Crippen LogP contribution >= 0.6 is 34.8 Å². The van der Waals surface area contributed by atoms with Crippen LogP contribution in [0.25, 0.3) is 0 Å². The number of benzene rings is 3. The zero-order valence-corrected chi connectivity index (χ0v) is 21.3. The van der Waals surface area contributed by atoms with Gasteiger partial charge in [-0.2, -0.15) is 5.10 Å². The molecule has 1 aliphatic rings. The zero-order chi connectivity index (χ0) is 24.8. The van der Waals surface area contributed by atoms with Gasteiger partial charge in [0.1, 0.15) is 6.61 Å². The number of carbonyl (C=O) groups excluding carboxylic acids is 1. The van der Waals surface area contributed by atoms with Crippen molar-refractivity contribution in [1.29, 1.82) is 0 Å². The highest BCUT2D eigenvalue weighted by atomic mass is 35.5.